The van der Waals surface area contributed by atoms with Crippen LogP contribution in [0.3, 0.4) is 0 Å². The summed E-state index contributed by atoms with van der Waals surface area (Å²) in [6.45, 7) is 5.95. The van der Waals surface area contributed by atoms with E-state index in [-0.39, 0.29) is 24.5 Å². The molecule has 0 aliphatic carbocycles. The summed E-state index contributed by atoms with van der Waals surface area (Å²) >= 11 is 0. The molecule has 0 radical (unpaired) electrons. The minimum Gasteiger partial charge on any atom is -0.370 e. The quantitative estimate of drug-likeness (QED) is 0.861. The number of Topliss-reactive ketones (excluding diaryl/α,β-unsaturated/α-hetero) is 1. The molecule has 1 aliphatic heterocycles. The van der Waals surface area contributed by atoms with Crippen LogP contribution in [0.5, 0.6) is 0 Å². The second-order valence-electron chi connectivity index (χ2n) is 7.45. The molecule has 3 heterocycles. The van der Waals surface area contributed by atoms with E-state index in [4.69, 9.17) is 5.73 Å². The molecule has 1 saturated heterocycles. The normalized spacial score (nSPS) is 20.3. The van der Waals surface area contributed by atoms with E-state index in [1.807, 2.05) is 19.2 Å². The third kappa shape index (κ3) is 4.18. The average molecular weight is 354 g/mol. The van der Waals surface area contributed by atoms with Crippen molar-refractivity contribution in [2.75, 3.05) is 18.0 Å². The molecule has 26 heavy (non-hydrogen) atoms. The molecule has 138 valence electrons. The molecule has 1 aliphatic rings. The van der Waals surface area contributed by atoms with E-state index in [1.165, 1.54) is 0 Å². The van der Waals surface area contributed by atoms with E-state index in [0.29, 0.717) is 12.3 Å². The fourth-order valence-corrected chi connectivity index (χ4v) is 3.95. The van der Waals surface area contributed by atoms with Crippen LogP contribution < -0.4 is 10.6 Å². The molecule has 6 nitrogen and oxygen atoms in total. The summed E-state index contributed by atoms with van der Waals surface area (Å²) in [6, 6.07) is 4.03. The number of fused-ring (bicyclic) bond motifs is 1. The van der Waals surface area contributed by atoms with E-state index in [2.05, 4.69) is 27.9 Å². The van der Waals surface area contributed by atoms with Gasteiger partial charge in [0.2, 0.25) is 5.91 Å². The average Bonchev–Trinajstić information content (AvgIpc) is 2.60. The maximum absolute atomic E-state index is 12.2. The van der Waals surface area contributed by atoms with E-state index >= 15 is 0 Å². The van der Waals surface area contributed by atoms with Gasteiger partial charge in [-0.25, -0.2) is 0 Å². The smallest absolute Gasteiger partial charge is 0.217 e. The van der Waals surface area contributed by atoms with Crippen molar-refractivity contribution in [1.29, 1.82) is 0 Å². The Morgan fingerprint density at radius 1 is 1.27 bits per heavy atom. The van der Waals surface area contributed by atoms with Gasteiger partial charge in [0.15, 0.2) is 0 Å². The topological polar surface area (TPSA) is 89.2 Å². The van der Waals surface area contributed by atoms with Gasteiger partial charge in [0.05, 0.1) is 23.1 Å². The largest absolute Gasteiger partial charge is 0.370 e. The minimum atomic E-state index is -0.415. The van der Waals surface area contributed by atoms with E-state index in [9.17, 15) is 9.59 Å². The van der Waals surface area contributed by atoms with Crippen molar-refractivity contribution in [3.8, 4) is 0 Å². The number of piperidine rings is 1. The van der Waals surface area contributed by atoms with Gasteiger partial charge < -0.3 is 10.6 Å². The summed E-state index contributed by atoms with van der Waals surface area (Å²) in [5.41, 5.74) is 8.08. The summed E-state index contributed by atoms with van der Waals surface area (Å²) in [5.74, 6) is 0.482. The molecule has 2 aromatic rings. The molecule has 2 aromatic heterocycles. The lowest BCUT2D eigenvalue weighted by atomic mass is 9.86. The Bertz CT molecular complexity index is 821. The summed E-state index contributed by atoms with van der Waals surface area (Å²) in [4.78, 5) is 34.4. The Hall–Kier alpha value is -2.50. The van der Waals surface area contributed by atoms with Gasteiger partial charge in [-0.2, -0.15) is 0 Å². The second-order valence-corrected chi connectivity index (χ2v) is 7.45. The van der Waals surface area contributed by atoms with E-state index < -0.39 is 5.91 Å². The van der Waals surface area contributed by atoms with E-state index in [0.717, 1.165) is 41.8 Å². The maximum Gasteiger partial charge on any atom is 0.217 e. The number of hydrogen-bond acceptors (Lipinski definition) is 5. The zero-order chi connectivity index (χ0) is 18.7. The number of aromatic nitrogens is 2. The zero-order valence-electron chi connectivity index (χ0n) is 15.4. The van der Waals surface area contributed by atoms with E-state index in [1.54, 1.807) is 6.20 Å². The van der Waals surface area contributed by atoms with Crippen molar-refractivity contribution in [2.24, 2.45) is 17.6 Å². The molecule has 0 saturated carbocycles. The van der Waals surface area contributed by atoms with Gasteiger partial charge in [-0.1, -0.05) is 6.92 Å². The highest BCUT2D eigenvalue weighted by molar-refractivity contribution is 5.92. The van der Waals surface area contributed by atoms with Gasteiger partial charge in [0, 0.05) is 43.9 Å². The van der Waals surface area contributed by atoms with Gasteiger partial charge >= 0.3 is 0 Å². The van der Waals surface area contributed by atoms with Crippen LogP contribution in [0.4, 0.5) is 5.69 Å². The molecule has 1 amide bonds. The van der Waals surface area contributed by atoms with Crippen LogP contribution in [0, 0.1) is 18.8 Å². The predicted octanol–water partition coefficient (Wildman–Crippen LogP) is 2.63. The number of carbonyl (C=O) groups is 2. The number of ketones is 1. The molecule has 2 atom stereocenters. The van der Waals surface area contributed by atoms with Crippen molar-refractivity contribution in [3.05, 3.63) is 30.2 Å². The molecule has 0 unspecified atom stereocenters. The fraction of sp³-hybridized carbons (Fsp3) is 0.500. The highest BCUT2D eigenvalue weighted by Gasteiger charge is 2.27. The molecule has 6 heteroatoms. The molecule has 2 N–H and O–H groups in total. The van der Waals surface area contributed by atoms with Crippen molar-refractivity contribution in [2.45, 2.75) is 39.5 Å². The van der Waals surface area contributed by atoms with Gasteiger partial charge in [-0.05, 0) is 37.3 Å². The number of anilines is 1. The van der Waals surface area contributed by atoms with Crippen LogP contribution in [0.1, 0.15) is 38.3 Å². The summed E-state index contributed by atoms with van der Waals surface area (Å²) in [7, 11) is 0. The van der Waals surface area contributed by atoms with Gasteiger partial charge in [0.25, 0.3) is 0 Å². The first-order chi connectivity index (χ1) is 12.4. The van der Waals surface area contributed by atoms with Gasteiger partial charge in [0.1, 0.15) is 5.78 Å². The van der Waals surface area contributed by atoms with Crippen LogP contribution in [0.25, 0.3) is 10.9 Å². The Kier molecular flexibility index (Phi) is 5.49. The standard InChI is InChI=1S/C20H26N4O2/c1-13-8-15(9-16(25)5-6-19(21)26)12-24(11-13)18-10-23-14(2)20-17(18)4-3-7-22-20/h3-4,7,10,13,15H,5-6,8-9,11-12H2,1-2H3,(H2,21,26)/t13-,15-/m0/s1. The molecule has 0 spiro atoms. The Morgan fingerprint density at radius 3 is 2.85 bits per heavy atom. The Labute approximate surface area is 153 Å². The Morgan fingerprint density at radius 2 is 2.08 bits per heavy atom. The molecule has 1 fully saturated rings. The van der Waals surface area contributed by atoms with Crippen molar-refractivity contribution >= 4 is 28.3 Å². The summed E-state index contributed by atoms with van der Waals surface area (Å²) in [6.07, 6.45) is 5.63. The number of nitrogens with two attached hydrogens (primary N) is 1. The van der Waals surface area contributed by atoms with Crippen molar-refractivity contribution in [3.63, 3.8) is 0 Å². The molecular formula is C20H26N4O2. The SMILES string of the molecule is Cc1ncc(N2C[C@@H](C)C[C@@H](CC(=O)CCC(N)=O)C2)c2cccnc12. The first-order valence-electron chi connectivity index (χ1n) is 9.19. The first-order valence-corrected chi connectivity index (χ1v) is 9.19. The lowest BCUT2D eigenvalue weighted by Crippen LogP contribution is -2.40. The lowest BCUT2D eigenvalue weighted by molar-refractivity contribution is -0.124. The van der Waals surface area contributed by atoms with Crippen LogP contribution in [-0.4, -0.2) is 34.7 Å². The second kappa shape index (κ2) is 7.81. The minimum absolute atomic E-state index is 0.122. The van der Waals surface area contributed by atoms with Crippen molar-refractivity contribution < 1.29 is 9.59 Å². The molecule has 0 bridgehead atoms. The monoisotopic (exact) mass is 354 g/mol. The number of amides is 1. The van der Waals surface area contributed by atoms with Gasteiger partial charge in [-0.3, -0.25) is 19.6 Å². The third-order valence-electron chi connectivity index (χ3n) is 5.06. The van der Waals surface area contributed by atoms with Crippen molar-refractivity contribution in [1.82, 2.24) is 9.97 Å². The van der Waals surface area contributed by atoms with Crippen LogP contribution in [0.2, 0.25) is 0 Å². The van der Waals surface area contributed by atoms with Gasteiger partial charge in [-0.15, -0.1) is 0 Å². The first kappa shape index (κ1) is 18.3. The summed E-state index contributed by atoms with van der Waals surface area (Å²) in [5, 5.41) is 1.10. The lowest BCUT2D eigenvalue weighted by Gasteiger charge is -2.38. The number of aryl methyl sites for hydroxylation is 1. The maximum atomic E-state index is 12.2. The fourth-order valence-electron chi connectivity index (χ4n) is 3.95. The van der Waals surface area contributed by atoms with Crippen LogP contribution in [-0.2, 0) is 9.59 Å². The number of pyridine rings is 2. The summed E-state index contributed by atoms with van der Waals surface area (Å²) < 4.78 is 0. The molecule has 0 aromatic carbocycles. The Balaban J connectivity index is 1.78. The number of hydrogen-bond donors (Lipinski definition) is 1. The number of rotatable bonds is 6. The molecular weight excluding hydrogens is 328 g/mol. The number of primary amides is 1. The van der Waals surface area contributed by atoms with Crippen LogP contribution in [0.15, 0.2) is 24.5 Å². The van der Waals surface area contributed by atoms with Crippen LogP contribution >= 0.6 is 0 Å². The highest BCUT2D eigenvalue weighted by Crippen LogP contribution is 2.32. The highest BCUT2D eigenvalue weighted by atomic mass is 16.1. The number of carbonyl (C=O) groups excluding carboxylic acids is 2. The zero-order valence-corrected chi connectivity index (χ0v) is 15.4. The number of nitrogens with zero attached hydrogens (tertiary/aromatic N) is 3. The predicted molar refractivity (Wildman–Crippen MR) is 102 cm³/mol. The third-order valence-corrected chi connectivity index (χ3v) is 5.06. The molecule has 3 rings (SSSR count).